The number of halogens is 1. The molecule has 0 saturated heterocycles. The van der Waals surface area contributed by atoms with E-state index in [2.05, 4.69) is 13.8 Å². The maximum Gasteiger partial charge on any atom is 0.497 e. The smallest absolute Gasteiger partial charge is 0.377 e. The Morgan fingerprint density at radius 1 is 0.621 bits per heavy atom. The van der Waals surface area contributed by atoms with E-state index < -0.39 is 8.80 Å². The third-order valence-corrected chi connectivity index (χ3v) is 7.93. The van der Waals surface area contributed by atoms with E-state index in [0.717, 1.165) is 6.42 Å². The van der Waals surface area contributed by atoms with Gasteiger partial charge in [0.15, 0.2) is 0 Å². The van der Waals surface area contributed by atoms with Crippen molar-refractivity contribution in [3.05, 3.63) is 0 Å². The maximum absolute atomic E-state index is 5.95. The van der Waals surface area contributed by atoms with Crippen LogP contribution in [0.4, 0.5) is 0 Å². The molecule has 180 valence electrons. The summed E-state index contributed by atoms with van der Waals surface area (Å²) in [7, 11) is 0.984. The van der Waals surface area contributed by atoms with E-state index in [4.69, 9.17) is 13.3 Å². The summed E-state index contributed by atoms with van der Waals surface area (Å²) in [6.07, 6.45) is 23.9. The van der Waals surface area contributed by atoms with Gasteiger partial charge in [-0.05, 0) is 13.3 Å². The molecule has 0 bridgehead atoms. The summed E-state index contributed by atoms with van der Waals surface area (Å²) in [6, 6.07) is 0. The quantitative estimate of drug-likeness (QED) is 0.139. The SMILES string of the molecule is CCCCCCCCCCCCCCCCCCC(C)O[Si](C)(OC)OC.Cl.N. The number of hydrogen-bond acceptors (Lipinski definition) is 4. The van der Waals surface area contributed by atoms with Crippen LogP contribution in [0.15, 0.2) is 0 Å². The van der Waals surface area contributed by atoms with Gasteiger partial charge in [-0.15, -0.1) is 12.4 Å². The molecule has 0 aliphatic heterocycles. The summed E-state index contributed by atoms with van der Waals surface area (Å²) in [5, 5.41) is 0. The lowest BCUT2D eigenvalue weighted by Gasteiger charge is -2.26. The molecule has 0 aliphatic carbocycles. The van der Waals surface area contributed by atoms with Gasteiger partial charge >= 0.3 is 8.80 Å². The van der Waals surface area contributed by atoms with Gasteiger partial charge in [-0.3, -0.25) is 0 Å². The highest BCUT2D eigenvalue weighted by atomic mass is 35.5. The summed E-state index contributed by atoms with van der Waals surface area (Å²) in [5.41, 5.74) is 0. The van der Waals surface area contributed by atoms with Crippen molar-refractivity contribution < 1.29 is 13.3 Å². The van der Waals surface area contributed by atoms with Gasteiger partial charge in [-0.2, -0.15) is 0 Å². The molecule has 0 aliphatic rings. The largest absolute Gasteiger partial charge is 0.497 e. The van der Waals surface area contributed by atoms with Gasteiger partial charge in [0.05, 0.1) is 0 Å². The number of hydrogen-bond donors (Lipinski definition) is 1. The normalized spacial score (nSPS) is 12.3. The van der Waals surface area contributed by atoms with Crippen molar-refractivity contribution in [2.75, 3.05) is 14.2 Å². The van der Waals surface area contributed by atoms with E-state index in [1.165, 1.54) is 103 Å². The van der Waals surface area contributed by atoms with E-state index >= 15 is 0 Å². The molecule has 3 N–H and O–H groups in total. The van der Waals surface area contributed by atoms with Crippen LogP contribution >= 0.6 is 12.4 Å². The van der Waals surface area contributed by atoms with Crippen LogP contribution in [0.1, 0.15) is 123 Å². The predicted molar refractivity (Wildman–Crippen MR) is 133 cm³/mol. The van der Waals surface area contributed by atoms with Crippen LogP contribution in [0.5, 0.6) is 0 Å². The van der Waals surface area contributed by atoms with E-state index in [9.17, 15) is 0 Å². The van der Waals surface area contributed by atoms with Crippen LogP contribution in [0.2, 0.25) is 6.55 Å². The van der Waals surface area contributed by atoms with Gasteiger partial charge in [0.1, 0.15) is 0 Å². The summed E-state index contributed by atoms with van der Waals surface area (Å²) in [6.45, 7) is 6.38. The Morgan fingerprint density at radius 3 is 1.24 bits per heavy atom. The van der Waals surface area contributed by atoms with Crippen LogP contribution in [0.25, 0.3) is 0 Å². The maximum atomic E-state index is 5.95. The van der Waals surface area contributed by atoms with Crippen molar-refractivity contribution in [3.63, 3.8) is 0 Å². The average Bonchev–Trinajstić information content (AvgIpc) is 2.67. The molecule has 29 heavy (non-hydrogen) atoms. The third-order valence-electron chi connectivity index (χ3n) is 5.62. The molecule has 0 fully saturated rings. The second kappa shape index (κ2) is 24.6. The highest BCUT2D eigenvalue weighted by molar-refractivity contribution is 6.59. The fraction of sp³-hybridized carbons (Fsp3) is 1.00. The van der Waals surface area contributed by atoms with Crippen molar-refractivity contribution in [2.24, 2.45) is 0 Å². The third kappa shape index (κ3) is 22.8. The summed E-state index contributed by atoms with van der Waals surface area (Å²) in [4.78, 5) is 0. The molecular formula is C23H54ClNO3Si. The Bertz CT molecular complexity index is 308. The van der Waals surface area contributed by atoms with Crippen LogP contribution in [0, 0.1) is 0 Å². The minimum atomic E-state index is -2.37. The van der Waals surface area contributed by atoms with Gasteiger partial charge in [0.2, 0.25) is 0 Å². The number of unbranched alkanes of at least 4 members (excludes halogenated alkanes) is 15. The van der Waals surface area contributed by atoms with Crippen LogP contribution in [0.3, 0.4) is 0 Å². The molecule has 1 unspecified atom stereocenters. The Morgan fingerprint density at radius 2 is 0.931 bits per heavy atom. The first-order valence-electron chi connectivity index (χ1n) is 11.9. The van der Waals surface area contributed by atoms with Crippen molar-refractivity contribution in [1.82, 2.24) is 6.15 Å². The summed E-state index contributed by atoms with van der Waals surface area (Å²) in [5.74, 6) is 0. The summed E-state index contributed by atoms with van der Waals surface area (Å²) >= 11 is 0. The zero-order chi connectivity index (χ0) is 20.2. The first-order chi connectivity index (χ1) is 13.1. The molecule has 0 spiro atoms. The second-order valence-corrected chi connectivity index (χ2v) is 11.1. The first-order valence-corrected chi connectivity index (χ1v) is 14.1. The van der Waals surface area contributed by atoms with E-state index in [-0.39, 0.29) is 24.7 Å². The molecule has 4 nitrogen and oxygen atoms in total. The Hall–Kier alpha value is 0.347. The van der Waals surface area contributed by atoms with Gasteiger partial charge in [-0.1, -0.05) is 110 Å². The van der Waals surface area contributed by atoms with E-state index in [0.29, 0.717) is 0 Å². The minimum absolute atomic E-state index is 0. The minimum Gasteiger partial charge on any atom is -0.377 e. The lowest BCUT2D eigenvalue weighted by Crippen LogP contribution is -2.42. The lowest BCUT2D eigenvalue weighted by molar-refractivity contribution is 0.0641. The standard InChI is InChI=1S/C23H50O3Si.ClH.H3N/c1-6-7-8-9-10-11-12-13-14-15-16-17-18-19-20-21-22-23(2)26-27(5,24-3)25-4;;/h23H,6-22H2,1-5H3;1H;1H3. The monoisotopic (exact) mass is 455 g/mol. The zero-order valence-corrected chi connectivity index (χ0v) is 22.3. The topological polar surface area (TPSA) is 62.7 Å². The van der Waals surface area contributed by atoms with Crippen LogP contribution in [-0.4, -0.2) is 29.1 Å². The van der Waals surface area contributed by atoms with Gasteiger partial charge in [0, 0.05) is 26.9 Å². The molecule has 0 amide bonds. The van der Waals surface area contributed by atoms with E-state index in [1.54, 1.807) is 14.2 Å². The molecular weight excluding hydrogens is 402 g/mol. The average molecular weight is 456 g/mol. The van der Waals surface area contributed by atoms with Crippen molar-refractivity contribution in [2.45, 2.75) is 136 Å². The molecule has 0 saturated carbocycles. The predicted octanol–water partition coefficient (Wildman–Crippen LogP) is 8.49. The van der Waals surface area contributed by atoms with Gasteiger partial charge in [-0.25, -0.2) is 0 Å². The van der Waals surface area contributed by atoms with Crippen LogP contribution in [-0.2, 0) is 13.3 Å². The molecule has 0 aromatic heterocycles. The zero-order valence-electron chi connectivity index (χ0n) is 20.4. The second-order valence-electron chi connectivity index (χ2n) is 8.29. The number of rotatable bonds is 21. The molecule has 0 heterocycles. The lowest BCUT2D eigenvalue weighted by atomic mass is 10.0. The van der Waals surface area contributed by atoms with Crippen molar-refractivity contribution >= 4 is 21.2 Å². The Labute approximate surface area is 190 Å². The molecule has 1 atom stereocenters. The summed E-state index contributed by atoms with van der Waals surface area (Å²) < 4.78 is 16.7. The van der Waals surface area contributed by atoms with Crippen molar-refractivity contribution in [1.29, 1.82) is 0 Å². The molecule has 0 radical (unpaired) electrons. The van der Waals surface area contributed by atoms with E-state index in [1.807, 2.05) is 6.55 Å². The fourth-order valence-electron chi connectivity index (χ4n) is 3.58. The Kier molecular flexibility index (Phi) is 28.8. The van der Waals surface area contributed by atoms with Crippen LogP contribution < -0.4 is 6.15 Å². The molecule has 0 aromatic carbocycles. The highest BCUT2D eigenvalue weighted by Gasteiger charge is 2.33. The molecule has 6 heteroatoms. The van der Waals surface area contributed by atoms with Crippen molar-refractivity contribution in [3.8, 4) is 0 Å². The molecule has 0 rings (SSSR count). The fourth-order valence-corrected chi connectivity index (χ4v) is 4.79. The highest BCUT2D eigenvalue weighted by Crippen LogP contribution is 2.16. The van der Waals surface area contributed by atoms with Gasteiger partial charge < -0.3 is 19.4 Å². The Balaban J connectivity index is -0.00000338. The molecule has 0 aromatic rings. The van der Waals surface area contributed by atoms with Gasteiger partial charge in [0.25, 0.3) is 0 Å². The first kappa shape index (κ1) is 34.0.